The zero-order valence-corrected chi connectivity index (χ0v) is 8.11. The number of hydrogen-bond donors (Lipinski definition) is 0. The van der Waals surface area contributed by atoms with Gasteiger partial charge in [-0.1, -0.05) is 41.6 Å². The third-order valence-electron chi connectivity index (χ3n) is 1.63. The van der Waals surface area contributed by atoms with Crippen LogP contribution < -0.4 is 0 Å². The van der Waals surface area contributed by atoms with E-state index in [1.165, 1.54) is 10.0 Å². The summed E-state index contributed by atoms with van der Waals surface area (Å²) in [5, 5.41) is 0. The van der Waals surface area contributed by atoms with Crippen molar-refractivity contribution in [2.45, 2.75) is 13.3 Å². The molecular weight excluding hydrogens is 200 g/mol. The van der Waals surface area contributed by atoms with E-state index in [0.717, 1.165) is 12.0 Å². The van der Waals surface area contributed by atoms with Crippen LogP contribution in [-0.4, -0.2) is 0 Å². The van der Waals surface area contributed by atoms with Crippen LogP contribution in [-0.2, 0) is 6.42 Å². The van der Waals surface area contributed by atoms with Crippen LogP contribution in [0.1, 0.15) is 18.1 Å². The molecule has 57 valence electrons. The number of aryl methyl sites for hydroxylation is 1. The molecule has 0 atom stereocenters. The molecule has 0 aromatic heterocycles. The summed E-state index contributed by atoms with van der Waals surface area (Å²) in [6.45, 7) is 5.73. The van der Waals surface area contributed by atoms with Gasteiger partial charge in [-0.25, -0.2) is 0 Å². The SMILES string of the molecule is C=[C]c1ccc(Br)c(CC)c1. The van der Waals surface area contributed by atoms with Gasteiger partial charge < -0.3 is 0 Å². The maximum absolute atomic E-state index is 3.60. The summed E-state index contributed by atoms with van der Waals surface area (Å²) >= 11 is 3.47. The molecule has 0 amide bonds. The molecule has 0 saturated carbocycles. The predicted molar refractivity (Wildman–Crippen MR) is 51.5 cm³/mol. The summed E-state index contributed by atoms with van der Waals surface area (Å²) in [7, 11) is 0. The summed E-state index contributed by atoms with van der Waals surface area (Å²) in [6.07, 6.45) is 3.90. The highest BCUT2D eigenvalue weighted by Crippen LogP contribution is 2.18. The van der Waals surface area contributed by atoms with Crippen molar-refractivity contribution in [3.05, 3.63) is 46.5 Å². The van der Waals surface area contributed by atoms with Gasteiger partial charge in [0.1, 0.15) is 0 Å². The number of rotatable bonds is 2. The molecule has 0 bridgehead atoms. The molecule has 1 aromatic carbocycles. The van der Waals surface area contributed by atoms with Crippen molar-refractivity contribution in [2.24, 2.45) is 0 Å². The van der Waals surface area contributed by atoms with Gasteiger partial charge in [0, 0.05) is 4.47 Å². The zero-order chi connectivity index (χ0) is 8.27. The van der Waals surface area contributed by atoms with Crippen LogP contribution in [0.15, 0.2) is 29.3 Å². The standard InChI is InChI=1S/C10H10Br/c1-3-8-5-6-10(11)9(4-2)7-8/h5-7H,1,4H2,2H3. The summed E-state index contributed by atoms with van der Waals surface area (Å²) in [6, 6.07) is 6.12. The van der Waals surface area contributed by atoms with Crippen molar-refractivity contribution in [3.63, 3.8) is 0 Å². The van der Waals surface area contributed by atoms with Crippen LogP contribution in [0.2, 0.25) is 0 Å². The molecule has 0 aliphatic carbocycles. The maximum atomic E-state index is 3.60. The molecule has 1 rings (SSSR count). The lowest BCUT2D eigenvalue weighted by Gasteiger charge is -2.01. The Morgan fingerprint density at radius 3 is 2.82 bits per heavy atom. The van der Waals surface area contributed by atoms with E-state index in [4.69, 9.17) is 0 Å². The minimum atomic E-state index is 1.04. The molecule has 0 aliphatic heterocycles. The second kappa shape index (κ2) is 3.72. The van der Waals surface area contributed by atoms with Gasteiger partial charge in [-0.05, 0) is 29.7 Å². The normalized spacial score (nSPS) is 9.64. The van der Waals surface area contributed by atoms with Crippen molar-refractivity contribution in [2.75, 3.05) is 0 Å². The van der Waals surface area contributed by atoms with E-state index in [2.05, 4.69) is 41.6 Å². The van der Waals surface area contributed by atoms with Gasteiger partial charge in [-0.2, -0.15) is 0 Å². The molecular formula is C10H10Br. The van der Waals surface area contributed by atoms with E-state index in [1.54, 1.807) is 0 Å². The van der Waals surface area contributed by atoms with Gasteiger partial charge >= 0.3 is 0 Å². The average Bonchev–Trinajstić information content (AvgIpc) is 2.05. The summed E-state index contributed by atoms with van der Waals surface area (Å²) in [5.41, 5.74) is 2.36. The maximum Gasteiger partial charge on any atom is 0.0207 e. The van der Waals surface area contributed by atoms with E-state index in [1.807, 2.05) is 12.1 Å². The molecule has 0 heterocycles. The summed E-state index contributed by atoms with van der Waals surface area (Å²) in [5.74, 6) is 0. The minimum absolute atomic E-state index is 1.04. The minimum Gasteiger partial charge on any atom is -0.0906 e. The Morgan fingerprint density at radius 2 is 2.27 bits per heavy atom. The number of benzene rings is 1. The largest absolute Gasteiger partial charge is 0.0906 e. The second-order valence-electron chi connectivity index (χ2n) is 2.34. The molecule has 0 spiro atoms. The van der Waals surface area contributed by atoms with Gasteiger partial charge in [0.2, 0.25) is 0 Å². The van der Waals surface area contributed by atoms with Crippen LogP contribution in [0.5, 0.6) is 0 Å². The van der Waals surface area contributed by atoms with Gasteiger partial charge in [0.25, 0.3) is 0 Å². The van der Waals surface area contributed by atoms with Crippen molar-refractivity contribution >= 4 is 15.9 Å². The lowest BCUT2D eigenvalue weighted by molar-refractivity contribution is 1.12. The van der Waals surface area contributed by atoms with E-state index < -0.39 is 0 Å². The first kappa shape index (κ1) is 8.54. The van der Waals surface area contributed by atoms with E-state index >= 15 is 0 Å². The van der Waals surface area contributed by atoms with Crippen LogP contribution >= 0.6 is 15.9 Å². The summed E-state index contributed by atoms with van der Waals surface area (Å²) in [4.78, 5) is 0. The Labute approximate surface area is 76.1 Å². The topological polar surface area (TPSA) is 0 Å². The highest BCUT2D eigenvalue weighted by atomic mass is 79.9. The van der Waals surface area contributed by atoms with E-state index in [0.29, 0.717) is 0 Å². The third-order valence-corrected chi connectivity index (χ3v) is 2.40. The monoisotopic (exact) mass is 209 g/mol. The fraction of sp³-hybridized carbons (Fsp3) is 0.200. The van der Waals surface area contributed by atoms with Crippen molar-refractivity contribution in [1.29, 1.82) is 0 Å². The van der Waals surface area contributed by atoms with Gasteiger partial charge in [0.15, 0.2) is 0 Å². The molecule has 0 nitrogen and oxygen atoms in total. The van der Waals surface area contributed by atoms with Gasteiger partial charge in [-0.15, -0.1) is 0 Å². The molecule has 0 N–H and O–H groups in total. The van der Waals surface area contributed by atoms with E-state index in [9.17, 15) is 0 Å². The molecule has 1 heteroatoms. The Morgan fingerprint density at radius 1 is 1.55 bits per heavy atom. The summed E-state index contributed by atoms with van der Waals surface area (Å²) < 4.78 is 1.17. The molecule has 0 saturated heterocycles. The average molecular weight is 210 g/mol. The lowest BCUT2D eigenvalue weighted by atomic mass is 10.1. The zero-order valence-electron chi connectivity index (χ0n) is 6.52. The molecule has 0 aliphatic rings. The third kappa shape index (κ3) is 1.93. The Kier molecular flexibility index (Phi) is 2.89. The predicted octanol–water partition coefficient (Wildman–Crippen LogP) is 3.35. The number of hydrogen-bond acceptors (Lipinski definition) is 0. The Bertz CT molecular complexity index is 264. The Hall–Kier alpha value is -0.560. The first-order valence-electron chi connectivity index (χ1n) is 3.59. The van der Waals surface area contributed by atoms with Crippen LogP contribution in [0, 0.1) is 6.08 Å². The van der Waals surface area contributed by atoms with Gasteiger partial charge in [-0.3, -0.25) is 0 Å². The lowest BCUT2D eigenvalue weighted by Crippen LogP contribution is -1.83. The van der Waals surface area contributed by atoms with Crippen molar-refractivity contribution in [1.82, 2.24) is 0 Å². The quantitative estimate of drug-likeness (QED) is 0.702. The smallest absolute Gasteiger partial charge is 0.0207 e. The molecule has 1 aromatic rings. The second-order valence-corrected chi connectivity index (χ2v) is 3.19. The first-order chi connectivity index (χ1) is 5.27. The molecule has 11 heavy (non-hydrogen) atoms. The van der Waals surface area contributed by atoms with E-state index in [-0.39, 0.29) is 0 Å². The van der Waals surface area contributed by atoms with Crippen molar-refractivity contribution in [3.8, 4) is 0 Å². The molecule has 0 unspecified atom stereocenters. The number of halogens is 1. The molecule has 0 fully saturated rings. The first-order valence-corrected chi connectivity index (χ1v) is 4.38. The Balaban J connectivity index is 3.12. The van der Waals surface area contributed by atoms with Crippen LogP contribution in [0.25, 0.3) is 0 Å². The highest BCUT2D eigenvalue weighted by molar-refractivity contribution is 9.10. The fourth-order valence-corrected chi connectivity index (χ4v) is 1.48. The molecule has 1 radical (unpaired) electrons. The van der Waals surface area contributed by atoms with Gasteiger partial charge in [0.05, 0.1) is 0 Å². The van der Waals surface area contributed by atoms with Crippen LogP contribution in [0.3, 0.4) is 0 Å². The highest BCUT2D eigenvalue weighted by Gasteiger charge is 1.96. The van der Waals surface area contributed by atoms with Crippen LogP contribution in [0.4, 0.5) is 0 Å². The fourth-order valence-electron chi connectivity index (χ4n) is 0.956. The van der Waals surface area contributed by atoms with Crippen molar-refractivity contribution < 1.29 is 0 Å².